The molecule has 0 saturated carbocycles. The fourth-order valence-corrected chi connectivity index (χ4v) is 9.38. The van der Waals surface area contributed by atoms with Crippen LogP contribution >= 0.6 is 11.3 Å². The Balaban J connectivity index is 0.998. The van der Waals surface area contributed by atoms with Crippen LogP contribution in [-0.4, -0.2) is 19.5 Å². The minimum Gasteiger partial charge on any atom is -0.456 e. The summed E-state index contributed by atoms with van der Waals surface area (Å²) in [6, 6.07) is 64.0. The molecular formula is C51H30N4OS. The quantitative estimate of drug-likeness (QED) is 0.176. The molecule has 266 valence electrons. The van der Waals surface area contributed by atoms with Crippen LogP contribution in [-0.2, 0) is 0 Å². The minimum atomic E-state index is 0.599. The predicted molar refractivity (Wildman–Crippen MR) is 236 cm³/mol. The SMILES string of the molecule is c1ccc(-c2nc(-c3ccc4c(c3)oc3ccccc34)nc(-c3ccc4sc5ccc(-c6ccc7c8ccccc8n(-c8ccccc8)c7c6)cc5c4c3)n2)cc1. The predicted octanol–water partition coefficient (Wildman–Crippen LogP) is 13.9. The molecule has 0 saturated heterocycles. The van der Waals surface area contributed by atoms with Crippen molar-refractivity contribution in [3.8, 4) is 51.0 Å². The van der Waals surface area contributed by atoms with E-state index in [1.54, 1.807) is 0 Å². The van der Waals surface area contributed by atoms with Gasteiger partial charge in [-0.05, 0) is 83.9 Å². The monoisotopic (exact) mass is 746 g/mol. The van der Waals surface area contributed by atoms with Gasteiger partial charge < -0.3 is 8.98 Å². The summed E-state index contributed by atoms with van der Waals surface area (Å²) in [6.07, 6.45) is 0. The number of rotatable bonds is 5. The van der Waals surface area contributed by atoms with E-state index in [2.05, 4.69) is 132 Å². The lowest BCUT2D eigenvalue weighted by Gasteiger charge is -2.09. The Hall–Kier alpha value is -7.41. The topological polar surface area (TPSA) is 56.7 Å². The number of fused-ring (bicyclic) bond motifs is 9. The molecule has 0 bridgehead atoms. The van der Waals surface area contributed by atoms with Crippen molar-refractivity contribution < 1.29 is 4.42 Å². The van der Waals surface area contributed by atoms with Gasteiger partial charge in [0.2, 0.25) is 0 Å². The zero-order chi connectivity index (χ0) is 37.5. The molecule has 4 heterocycles. The maximum absolute atomic E-state index is 6.26. The van der Waals surface area contributed by atoms with E-state index in [0.29, 0.717) is 17.5 Å². The van der Waals surface area contributed by atoms with Crippen molar-refractivity contribution in [2.45, 2.75) is 0 Å². The molecule has 0 radical (unpaired) electrons. The Kier molecular flexibility index (Phi) is 7.03. The molecule has 0 fully saturated rings. The van der Waals surface area contributed by atoms with Crippen LogP contribution in [0.5, 0.6) is 0 Å². The van der Waals surface area contributed by atoms with Crippen LogP contribution in [0.2, 0.25) is 0 Å². The molecule has 0 aliphatic rings. The van der Waals surface area contributed by atoms with Crippen LogP contribution in [0.1, 0.15) is 0 Å². The molecule has 0 atom stereocenters. The third-order valence-electron chi connectivity index (χ3n) is 11.1. The molecule has 12 aromatic rings. The highest BCUT2D eigenvalue weighted by Gasteiger charge is 2.17. The normalized spacial score (nSPS) is 11.9. The van der Waals surface area contributed by atoms with Gasteiger partial charge in [0.25, 0.3) is 0 Å². The zero-order valence-corrected chi connectivity index (χ0v) is 31.2. The average Bonchev–Trinajstić information content (AvgIpc) is 3.95. The molecule has 8 aromatic carbocycles. The van der Waals surface area contributed by atoms with Crippen molar-refractivity contribution in [2.24, 2.45) is 0 Å². The highest BCUT2D eigenvalue weighted by molar-refractivity contribution is 7.25. The zero-order valence-electron chi connectivity index (χ0n) is 30.4. The van der Waals surface area contributed by atoms with Gasteiger partial charge in [0, 0.05) is 64.1 Å². The summed E-state index contributed by atoms with van der Waals surface area (Å²) in [6.45, 7) is 0. The lowest BCUT2D eigenvalue weighted by Crippen LogP contribution is -2.00. The summed E-state index contributed by atoms with van der Waals surface area (Å²) >= 11 is 1.81. The Bertz CT molecular complexity index is 3530. The van der Waals surface area contributed by atoms with Crippen LogP contribution in [0.4, 0.5) is 0 Å². The maximum atomic E-state index is 6.26. The smallest absolute Gasteiger partial charge is 0.164 e. The van der Waals surface area contributed by atoms with Crippen LogP contribution in [0.3, 0.4) is 0 Å². The molecule has 5 nitrogen and oxygen atoms in total. The van der Waals surface area contributed by atoms with Crippen LogP contribution in [0.25, 0.3) is 115 Å². The summed E-state index contributed by atoms with van der Waals surface area (Å²) in [5.41, 5.74) is 10.3. The number of nitrogens with zero attached hydrogens (tertiary/aromatic N) is 4. The standard InChI is InChI=1S/C51H30N4OS/c1-3-11-31(12-4-1)49-52-50(54-51(53-49)35-20-24-40-39-16-8-10-18-45(39)56-46(40)30-35)34-22-26-48-42(28-34)41-27-32(21-25-47(41)57-48)33-19-23-38-37-15-7-9-17-43(37)55(44(38)29-33)36-13-5-2-6-14-36/h1-30H. The summed E-state index contributed by atoms with van der Waals surface area (Å²) in [4.78, 5) is 15.2. The maximum Gasteiger partial charge on any atom is 0.164 e. The van der Waals surface area contributed by atoms with Gasteiger partial charge >= 0.3 is 0 Å². The van der Waals surface area contributed by atoms with Crippen LogP contribution in [0, 0.1) is 0 Å². The van der Waals surface area contributed by atoms with E-state index in [0.717, 1.165) is 44.3 Å². The van der Waals surface area contributed by atoms with E-state index in [1.807, 2.05) is 65.9 Å². The summed E-state index contributed by atoms with van der Waals surface area (Å²) < 4.78 is 11.1. The number of thiophene rings is 1. The number of benzene rings is 8. The number of hydrogen-bond donors (Lipinski definition) is 0. The first kappa shape index (κ1) is 31.9. The summed E-state index contributed by atoms with van der Waals surface area (Å²) in [5, 5.41) is 7.05. The van der Waals surface area contributed by atoms with Crippen molar-refractivity contribution >= 4 is 75.3 Å². The Morgan fingerprint density at radius 3 is 1.67 bits per heavy atom. The van der Waals surface area contributed by atoms with E-state index < -0.39 is 0 Å². The third-order valence-corrected chi connectivity index (χ3v) is 12.2. The molecule has 0 spiro atoms. The van der Waals surface area contributed by atoms with Crippen molar-refractivity contribution in [3.05, 3.63) is 182 Å². The molecule has 57 heavy (non-hydrogen) atoms. The van der Waals surface area contributed by atoms with Gasteiger partial charge in [-0.1, -0.05) is 109 Å². The average molecular weight is 747 g/mol. The van der Waals surface area contributed by atoms with Gasteiger partial charge in [0.15, 0.2) is 17.5 Å². The lowest BCUT2D eigenvalue weighted by atomic mass is 10.0. The molecule has 0 amide bonds. The summed E-state index contributed by atoms with van der Waals surface area (Å²) in [7, 11) is 0. The highest BCUT2D eigenvalue weighted by atomic mass is 32.1. The first-order chi connectivity index (χ1) is 28.2. The number of aromatic nitrogens is 4. The van der Waals surface area contributed by atoms with Crippen molar-refractivity contribution in [3.63, 3.8) is 0 Å². The highest BCUT2D eigenvalue weighted by Crippen LogP contribution is 2.40. The molecule has 0 aliphatic heterocycles. The van der Waals surface area contributed by atoms with E-state index in [1.165, 1.54) is 53.1 Å². The largest absolute Gasteiger partial charge is 0.456 e. The fourth-order valence-electron chi connectivity index (χ4n) is 8.32. The van der Waals surface area contributed by atoms with E-state index in [4.69, 9.17) is 19.4 Å². The second-order valence-corrected chi connectivity index (χ2v) is 15.5. The van der Waals surface area contributed by atoms with Gasteiger partial charge in [-0.25, -0.2) is 15.0 Å². The minimum absolute atomic E-state index is 0.599. The second kappa shape index (κ2) is 12.6. The fraction of sp³-hybridized carbons (Fsp3) is 0. The van der Waals surface area contributed by atoms with E-state index in [9.17, 15) is 0 Å². The van der Waals surface area contributed by atoms with Crippen molar-refractivity contribution in [1.82, 2.24) is 19.5 Å². The Morgan fingerprint density at radius 2 is 0.877 bits per heavy atom. The van der Waals surface area contributed by atoms with Gasteiger partial charge in [0.1, 0.15) is 11.2 Å². The molecule has 6 heteroatoms. The van der Waals surface area contributed by atoms with Crippen molar-refractivity contribution in [1.29, 1.82) is 0 Å². The van der Waals surface area contributed by atoms with E-state index in [-0.39, 0.29) is 0 Å². The first-order valence-corrected chi connectivity index (χ1v) is 19.8. The Labute approximate surface area is 330 Å². The second-order valence-electron chi connectivity index (χ2n) is 14.4. The molecule has 12 rings (SSSR count). The van der Waals surface area contributed by atoms with E-state index >= 15 is 0 Å². The lowest BCUT2D eigenvalue weighted by molar-refractivity contribution is 0.669. The van der Waals surface area contributed by atoms with Crippen molar-refractivity contribution in [2.75, 3.05) is 0 Å². The number of para-hydroxylation sites is 3. The molecule has 0 aliphatic carbocycles. The molecule has 0 N–H and O–H groups in total. The van der Waals surface area contributed by atoms with Gasteiger partial charge in [-0.2, -0.15) is 0 Å². The third kappa shape index (κ3) is 5.19. The Morgan fingerprint density at radius 1 is 0.351 bits per heavy atom. The first-order valence-electron chi connectivity index (χ1n) is 19.0. The molecule has 0 unspecified atom stereocenters. The van der Waals surface area contributed by atoms with Gasteiger partial charge in [0.05, 0.1) is 11.0 Å². The molecular weight excluding hydrogens is 717 g/mol. The van der Waals surface area contributed by atoms with Gasteiger partial charge in [-0.15, -0.1) is 11.3 Å². The van der Waals surface area contributed by atoms with Gasteiger partial charge in [-0.3, -0.25) is 0 Å². The summed E-state index contributed by atoms with van der Waals surface area (Å²) in [5.74, 6) is 1.85. The van der Waals surface area contributed by atoms with Crippen LogP contribution in [0.15, 0.2) is 186 Å². The number of furan rings is 1. The molecule has 4 aromatic heterocycles. The van der Waals surface area contributed by atoms with Crippen LogP contribution < -0.4 is 0 Å². The number of hydrogen-bond acceptors (Lipinski definition) is 5.